The molecular formula is C24H29N3OS. The monoisotopic (exact) mass is 407 g/mol. The van der Waals surface area contributed by atoms with Crippen LogP contribution >= 0.6 is 11.3 Å². The lowest BCUT2D eigenvalue weighted by Gasteiger charge is -2.32. The number of carbonyl (C=O) groups is 1. The predicted octanol–water partition coefficient (Wildman–Crippen LogP) is 5.17. The molecule has 3 aromatic rings. The van der Waals surface area contributed by atoms with Gasteiger partial charge in [-0.3, -0.25) is 4.79 Å². The molecule has 1 amide bonds. The first-order valence-electron chi connectivity index (χ1n) is 10.5. The van der Waals surface area contributed by atoms with E-state index in [1.807, 2.05) is 17.0 Å². The lowest BCUT2D eigenvalue weighted by Crippen LogP contribution is -2.38. The molecule has 1 saturated heterocycles. The van der Waals surface area contributed by atoms with E-state index in [1.165, 1.54) is 16.9 Å². The van der Waals surface area contributed by atoms with Crippen LogP contribution in [0.15, 0.2) is 42.5 Å². The highest BCUT2D eigenvalue weighted by atomic mass is 32.1. The summed E-state index contributed by atoms with van der Waals surface area (Å²) in [4.78, 5) is 21.4. The highest BCUT2D eigenvalue weighted by Gasteiger charge is 2.27. The summed E-state index contributed by atoms with van der Waals surface area (Å²) in [6.45, 7) is 5.97. The molecule has 0 spiro atoms. The van der Waals surface area contributed by atoms with Gasteiger partial charge >= 0.3 is 0 Å². The fraction of sp³-hybridized carbons (Fsp3) is 0.417. The number of nitrogens with zero attached hydrogens (tertiary/aromatic N) is 2. The number of nitrogen functional groups attached to an aromatic ring is 1. The van der Waals surface area contributed by atoms with Crippen molar-refractivity contribution < 1.29 is 4.79 Å². The van der Waals surface area contributed by atoms with E-state index in [1.54, 1.807) is 0 Å². The number of anilines is 1. The summed E-state index contributed by atoms with van der Waals surface area (Å²) in [6, 6.07) is 14.7. The number of nitrogens with two attached hydrogens (primary N) is 1. The second-order valence-electron chi connectivity index (χ2n) is 8.52. The molecule has 2 N–H and O–H groups in total. The van der Waals surface area contributed by atoms with Gasteiger partial charge in [0.25, 0.3) is 5.91 Å². The molecule has 1 aromatic carbocycles. The Morgan fingerprint density at radius 1 is 1.17 bits per heavy atom. The number of fused-ring (bicyclic) bond motifs is 1. The van der Waals surface area contributed by atoms with Gasteiger partial charge in [0.05, 0.1) is 5.69 Å². The van der Waals surface area contributed by atoms with Crippen LogP contribution in [0.4, 0.5) is 5.69 Å². The van der Waals surface area contributed by atoms with E-state index >= 15 is 0 Å². The Kier molecular flexibility index (Phi) is 5.86. The van der Waals surface area contributed by atoms with Crippen LogP contribution in [0.25, 0.3) is 10.2 Å². The lowest BCUT2D eigenvalue weighted by molar-refractivity contribution is 0.0696. The lowest BCUT2D eigenvalue weighted by atomic mass is 9.90. The summed E-state index contributed by atoms with van der Waals surface area (Å²) in [7, 11) is 0. The summed E-state index contributed by atoms with van der Waals surface area (Å²) in [5, 5.41) is 0.907. The number of aromatic nitrogens is 1. The van der Waals surface area contributed by atoms with E-state index in [9.17, 15) is 4.79 Å². The summed E-state index contributed by atoms with van der Waals surface area (Å²) < 4.78 is 0. The quantitative estimate of drug-likeness (QED) is 0.634. The molecule has 0 aliphatic carbocycles. The van der Waals surface area contributed by atoms with Crippen LogP contribution in [0.3, 0.4) is 0 Å². The molecule has 1 aliphatic rings. The van der Waals surface area contributed by atoms with Crippen LogP contribution in [0.2, 0.25) is 0 Å². The number of amides is 1. The van der Waals surface area contributed by atoms with E-state index in [4.69, 9.17) is 10.7 Å². The molecule has 1 aliphatic heterocycles. The molecule has 2 aromatic heterocycles. The molecule has 0 bridgehead atoms. The average molecular weight is 408 g/mol. The molecular weight excluding hydrogens is 378 g/mol. The molecule has 0 unspecified atom stereocenters. The third-order valence-electron chi connectivity index (χ3n) is 5.73. The fourth-order valence-corrected chi connectivity index (χ4v) is 5.24. The van der Waals surface area contributed by atoms with Crippen molar-refractivity contribution in [3.05, 3.63) is 58.6 Å². The SMILES string of the molecule is CC(C)Cc1ccc2c(N)c(C(=O)N3CCC(Cc4ccccc4)CC3)sc2n1. The molecule has 0 atom stereocenters. The number of rotatable bonds is 5. The molecule has 152 valence electrons. The number of hydrogen-bond acceptors (Lipinski definition) is 4. The van der Waals surface area contributed by atoms with Crippen LogP contribution in [-0.4, -0.2) is 28.9 Å². The Morgan fingerprint density at radius 3 is 2.59 bits per heavy atom. The zero-order chi connectivity index (χ0) is 20.4. The van der Waals surface area contributed by atoms with Gasteiger partial charge in [-0.25, -0.2) is 4.98 Å². The van der Waals surface area contributed by atoms with Crippen molar-refractivity contribution in [3.8, 4) is 0 Å². The number of piperidine rings is 1. The number of thiophene rings is 1. The summed E-state index contributed by atoms with van der Waals surface area (Å²) >= 11 is 1.44. The molecule has 4 rings (SSSR count). The highest BCUT2D eigenvalue weighted by Crippen LogP contribution is 2.34. The molecule has 3 heterocycles. The summed E-state index contributed by atoms with van der Waals surface area (Å²) in [5.41, 5.74) is 9.39. The third kappa shape index (κ3) is 4.45. The zero-order valence-corrected chi connectivity index (χ0v) is 18.0. The molecule has 29 heavy (non-hydrogen) atoms. The maximum absolute atomic E-state index is 13.1. The van der Waals surface area contributed by atoms with Crippen LogP contribution < -0.4 is 5.73 Å². The van der Waals surface area contributed by atoms with Crippen LogP contribution in [0.5, 0.6) is 0 Å². The highest BCUT2D eigenvalue weighted by molar-refractivity contribution is 7.21. The molecule has 0 saturated carbocycles. The Morgan fingerprint density at radius 2 is 1.90 bits per heavy atom. The smallest absolute Gasteiger partial charge is 0.266 e. The third-order valence-corrected chi connectivity index (χ3v) is 6.84. The van der Waals surface area contributed by atoms with Gasteiger partial charge < -0.3 is 10.6 Å². The van der Waals surface area contributed by atoms with Crippen molar-refractivity contribution in [2.75, 3.05) is 18.8 Å². The van der Waals surface area contributed by atoms with E-state index in [-0.39, 0.29) is 5.91 Å². The molecule has 0 radical (unpaired) electrons. The zero-order valence-electron chi connectivity index (χ0n) is 17.2. The van der Waals surface area contributed by atoms with Gasteiger partial charge in [0, 0.05) is 24.2 Å². The number of benzene rings is 1. The largest absolute Gasteiger partial charge is 0.397 e. The van der Waals surface area contributed by atoms with Crippen LogP contribution in [-0.2, 0) is 12.8 Å². The van der Waals surface area contributed by atoms with Crippen LogP contribution in [0, 0.1) is 11.8 Å². The minimum absolute atomic E-state index is 0.0640. The van der Waals surface area contributed by atoms with Crippen molar-refractivity contribution in [1.82, 2.24) is 9.88 Å². The number of hydrogen-bond donors (Lipinski definition) is 1. The van der Waals surface area contributed by atoms with E-state index < -0.39 is 0 Å². The molecule has 1 fully saturated rings. The van der Waals surface area contributed by atoms with Gasteiger partial charge in [0.2, 0.25) is 0 Å². The predicted molar refractivity (Wildman–Crippen MR) is 121 cm³/mol. The number of likely N-dealkylation sites (tertiary alicyclic amines) is 1. The summed E-state index contributed by atoms with van der Waals surface area (Å²) in [5.74, 6) is 1.26. The first-order chi connectivity index (χ1) is 14.0. The average Bonchev–Trinajstić information content (AvgIpc) is 3.04. The van der Waals surface area contributed by atoms with Crippen molar-refractivity contribution in [2.45, 2.75) is 39.5 Å². The maximum Gasteiger partial charge on any atom is 0.266 e. The maximum atomic E-state index is 13.1. The van der Waals surface area contributed by atoms with E-state index in [2.05, 4.69) is 44.2 Å². The molecule has 4 nitrogen and oxygen atoms in total. The van der Waals surface area contributed by atoms with Gasteiger partial charge in [0.1, 0.15) is 9.71 Å². The Balaban J connectivity index is 1.44. The van der Waals surface area contributed by atoms with Gasteiger partial charge in [-0.15, -0.1) is 11.3 Å². The van der Waals surface area contributed by atoms with Gasteiger partial charge in [-0.05, 0) is 55.2 Å². The van der Waals surface area contributed by atoms with Crippen LogP contribution in [0.1, 0.15) is 47.6 Å². The first kappa shape index (κ1) is 19.9. The topological polar surface area (TPSA) is 59.2 Å². The van der Waals surface area contributed by atoms with Crippen molar-refractivity contribution >= 4 is 33.1 Å². The second-order valence-corrected chi connectivity index (χ2v) is 9.52. The standard InChI is InChI=1S/C24H29N3OS/c1-16(2)14-19-8-9-20-21(25)22(29-23(20)26-19)24(28)27-12-10-18(11-13-27)15-17-6-4-3-5-7-17/h3-9,16,18H,10-15,25H2,1-2H3. The number of pyridine rings is 1. The Labute approximate surface area is 176 Å². The van der Waals surface area contributed by atoms with Gasteiger partial charge in [0.15, 0.2) is 0 Å². The fourth-order valence-electron chi connectivity index (χ4n) is 4.16. The number of carbonyl (C=O) groups excluding carboxylic acids is 1. The van der Waals surface area contributed by atoms with Gasteiger partial charge in [-0.2, -0.15) is 0 Å². The minimum Gasteiger partial charge on any atom is -0.397 e. The van der Waals surface area contributed by atoms with Crippen molar-refractivity contribution in [1.29, 1.82) is 0 Å². The first-order valence-corrected chi connectivity index (χ1v) is 11.3. The minimum atomic E-state index is 0.0640. The molecule has 5 heteroatoms. The normalized spacial score (nSPS) is 15.3. The van der Waals surface area contributed by atoms with Gasteiger partial charge in [-0.1, -0.05) is 44.2 Å². The second kappa shape index (κ2) is 8.54. The Bertz CT molecular complexity index is 988. The van der Waals surface area contributed by atoms with Crippen molar-refractivity contribution in [2.24, 2.45) is 11.8 Å². The Hall–Kier alpha value is -2.40. The van der Waals surface area contributed by atoms with E-state index in [0.29, 0.717) is 22.4 Å². The van der Waals surface area contributed by atoms with Crippen molar-refractivity contribution in [3.63, 3.8) is 0 Å². The van der Waals surface area contributed by atoms with E-state index in [0.717, 1.165) is 54.7 Å². The summed E-state index contributed by atoms with van der Waals surface area (Å²) in [6.07, 6.45) is 4.12.